The van der Waals surface area contributed by atoms with E-state index in [9.17, 15) is 13.2 Å². The Balaban J connectivity index is 2.43. The van der Waals surface area contributed by atoms with Crippen molar-refractivity contribution in [2.75, 3.05) is 0 Å². The van der Waals surface area contributed by atoms with Crippen LogP contribution in [0.1, 0.15) is 29.9 Å². The van der Waals surface area contributed by atoms with E-state index in [1.54, 1.807) is 6.07 Å². The molecule has 0 spiro atoms. The average molecular weight is 185 g/mol. The molecule has 69 valence electrons. The van der Waals surface area contributed by atoms with E-state index >= 15 is 0 Å². The molecule has 0 amide bonds. The highest BCUT2D eigenvalue weighted by molar-refractivity contribution is 5.34. The van der Waals surface area contributed by atoms with Gasteiger partial charge >= 0.3 is 6.18 Å². The molecule has 2 rings (SSSR count). The molecule has 1 aromatic rings. The van der Waals surface area contributed by atoms with Crippen LogP contribution in [0.15, 0.2) is 18.2 Å². The molecule has 0 unspecified atom stereocenters. The molecule has 1 aliphatic rings. The van der Waals surface area contributed by atoms with Crippen molar-refractivity contribution in [3.8, 4) is 0 Å². The van der Waals surface area contributed by atoms with Crippen LogP contribution in [0, 0.1) is 6.07 Å². The third kappa shape index (κ3) is 1.69. The van der Waals surface area contributed by atoms with E-state index in [0.29, 0.717) is 5.56 Å². The summed E-state index contributed by atoms with van der Waals surface area (Å²) in [7, 11) is 0. The zero-order chi connectivity index (χ0) is 9.47. The molecule has 1 aliphatic carbocycles. The van der Waals surface area contributed by atoms with Crippen molar-refractivity contribution < 1.29 is 13.2 Å². The van der Waals surface area contributed by atoms with Crippen LogP contribution >= 0.6 is 0 Å². The van der Waals surface area contributed by atoms with Crippen LogP contribution < -0.4 is 0 Å². The molecule has 0 N–H and O–H groups in total. The van der Waals surface area contributed by atoms with Gasteiger partial charge in [-0.05, 0) is 36.5 Å². The van der Waals surface area contributed by atoms with Gasteiger partial charge in [0.05, 0.1) is 5.56 Å². The summed E-state index contributed by atoms with van der Waals surface area (Å²) in [6, 6.07) is 6.58. The minimum absolute atomic E-state index is 0.131. The van der Waals surface area contributed by atoms with E-state index in [-0.39, 0.29) is 5.92 Å². The van der Waals surface area contributed by atoms with Gasteiger partial charge in [-0.15, -0.1) is 0 Å². The van der Waals surface area contributed by atoms with Gasteiger partial charge in [-0.1, -0.05) is 12.1 Å². The maximum Gasteiger partial charge on any atom is 0.416 e. The normalized spacial score (nSPS) is 17.5. The van der Waals surface area contributed by atoms with Crippen LogP contribution in [-0.4, -0.2) is 0 Å². The highest BCUT2D eigenvalue weighted by atomic mass is 19.4. The van der Waals surface area contributed by atoms with Crippen LogP contribution in [0.25, 0.3) is 0 Å². The topological polar surface area (TPSA) is 0 Å². The van der Waals surface area contributed by atoms with Gasteiger partial charge in [0.1, 0.15) is 0 Å². The summed E-state index contributed by atoms with van der Waals surface area (Å²) in [5, 5.41) is 0. The Bertz CT molecular complexity index is 310. The molecule has 0 aromatic heterocycles. The van der Waals surface area contributed by atoms with Crippen molar-refractivity contribution in [2.24, 2.45) is 0 Å². The average Bonchev–Trinajstić information content (AvgIpc) is 2.85. The standard InChI is InChI=1S/C10H8F3/c11-10(12,13)9-4-2-1-3-8(9)7-5-6-7/h1,3-4,7H,5-6H2. The smallest absolute Gasteiger partial charge is 0.166 e. The van der Waals surface area contributed by atoms with Gasteiger partial charge in [-0.3, -0.25) is 0 Å². The minimum Gasteiger partial charge on any atom is -0.166 e. The van der Waals surface area contributed by atoms with Gasteiger partial charge in [0.25, 0.3) is 0 Å². The number of hydrogen-bond acceptors (Lipinski definition) is 0. The predicted octanol–water partition coefficient (Wildman–Crippen LogP) is 3.38. The Hall–Kier alpha value is -0.990. The number of alkyl halides is 3. The molecule has 0 nitrogen and oxygen atoms in total. The SMILES string of the molecule is FC(F)(F)c1c[c]ccc1C1CC1. The van der Waals surface area contributed by atoms with E-state index in [1.165, 1.54) is 6.07 Å². The summed E-state index contributed by atoms with van der Waals surface area (Å²) in [4.78, 5) is 0. The van der Waals surface area contributed by atoms with E-state index < -0.39 is 11.7 Å². The largest absolute Gasteiger partial charge is 0.416 e. The maximum absolute atomic E-state index is 12.4. The van der Waals surface area contributed by atoms with Crippen molar-refractivity contribution in [1.82, 2.24) is 0 Å². The van der Waals surface area contributed by atoms with Gasteiger partial charge in [0.15, 0.2) is 0 Å². The molecule has 1 aromatic carbocycles. The second-order valence-corrected chi connectivity index (χ2v) is 3.29. The number of hydrogen-bond donors (Lipinski definition) is 0. The van der Waals surface area contributed by atoms with E-state index in [1.807, 2.05) is 0 Å². The van der Waals surface area contributed by atoms with Crippen LogP contribution in [-0.2, 0) is 6.18 Å². The second-order valence-electron chi connectivity index (χ2n) is 3.29. The molecule has 13 heavy (non-hydrogen) atoms. The van der Waals surface area contributed by atoms with E-state index in [0.717, 1.165) is 18.9 Å². The minimum atomic E-state index is -4.23. The zero-order valence-electron chi connectivity index (χ0n) is 6.86. The highest BCUT2D eigenvalue weighted by Gasteiger charge is 2.37. The van der Waals surface area contributed by atoms with Crippen LogP contribution in [0.5, 0.6) is 0 Å². The highest BCUT2D eigenvalue weighted by Crippen LogP contribution is 2.45. The first-order valence-electron chi connectivity index (χ1n) is 4.16. The van der Waals surface area contributed by atoms with E-state index in [2.05, 4.69) is 6.07 Å². The van der Waals surface area contributed by atoms with Gasteiger partial charge in [0.2, 0.25) is 0 Å². The third-order valence-electron chi connectivity index (χ3n) is 2.22. The fourth-order valence-corrected chi connectivity index (χ4v) is 1.44. The van der Waals surface area contributed by atoms with Gasteiger partial charge in [-0.25, -0.2) is 0 Å². The molecule has 1 saturated carbocycles. The summed E-state index contributed by atoms with van der Waals surface area (Å²) in [6.45, 7) is 0. The second kappa shape index (κ2) is 2.76. The van der Waals surface area contributed by atoms with Crippen LogP contribution in [0.4, 0.5) is 13.2 Å². The van der Waals surface area contributed by atoms with E-state index in [4.69, 9.17) is 0 Å². The Morgan fingerprint density at radius 1 is 1.31 bits per heavy atom. The fourth-order valence-electron chi connectivity index (χ4n) is 1.44. The first kappa shape index (κ1) is 8.60. The lowest BCUT2D eigenvalue weighted by Crippen LogP contribution is -2.08. The Labute approximate surface area is 74.4 Å². The summed E-state index contributed by atoms with van der Waals surface area (Å²) >= 11 is 0. The van der Waals surface area contributed by atoms with Crippen LogP contribution in [0.3, 0.4) is 0 Å². The van der Waals surface area contributed by atoms with Gasteiger partial charge in [-0.2, -0.15) is 13.2 Å². The first-order valence-corrected chi connectivity index (χ1v) is 4.16. The number of rotatable bonds is 1. The van der Waals surface area contributed by atoms with Gasteiger partial charge in [0, 0.05) is 0 Å². The molecular weight excluding hydrogens is 177 g/mol. The Kier molecular flexibility index (Phi) is 1.82. The summed E-state index contributed by atoms with van der Waals surface area (Å²) in [6.07, 6.45) is -2.46. The molecule has 0 atom stereocenters. The lowest BCUT2D eigenvalue weighted by atomic mass is 10.0. The molecule has 3 heteroatoms. The van der Waals surface area contributed by atoms with Gasteiger partial charge < -0.3 is 0 Å². The molecule has 0 bridgehead atoms. The molecule has 0 aliphatic heterocycles. The molecule has 0 heterocycles. The summed E-state index contributed by atoms with van der Waals surface area (Å²) < 4.78 is 37.2. The number of benzene rings is 1. The molecular formula is C10H8F3. The maximum atomic E-state index is 12.4. The summed E-state index contributed by atoms with van der Waals surface area (Å²) in [5.74, 6) is 0.131. The molecule has 0 saturated heterocycles. The van der Waals surface area contributed by atoms with Crippen molar-refractivity contribution >= 4 is 0 Å². The first-order chi connectivity index (χ1) is 6.09. The lowest BCUT2D eigenvalue weighted by molar-refractivity contribution is -0.138. The lowest BCUT2D eigenvalue weighted by Gasteiger charge is -2.11. The fraction of sp³-hybridized carbons (Fsp3) is 0.400. The Morgan fingerprint density at radius 2 is 2.00 bits per heavy atom. The zero-order valence-corrected chi connectivity index (χ0v) is 6.86. The quantitative estimate of drug-likeness (QED) is 0.629. The van der Waals surface area contributed by atoms with Crippen molar-refractivity contribution in [3.05, 3.63) is 35.4 Å². The predicted molar refractivity (Wildman–Crippen MR) is 42.3 cm³/mol. The van der Waals surface area contributed by atoms with Crippen LogP contribution in [0.2, 0.25) is 0 Å². The monoisotopic (exact) mass is 185 g/mol. The molecule has 1 fully saturated rings. The third-order valence-corrected chi connectivity index (χ3v) is 2.22. The summed E-state index contributed by atoms with van der Waals surface area (Å²) in [5.41, 5.74) is -0.0799. The van der Waals surface area contributed by atoms with Crippen molar-refractivity contribution in [3.63, 3.8) is 0 Å². The van der Waals surface area contributed by atoms with Crippen molar-refractivity contribution in [1.29, 1.82) is 0 Å². The number of halogens is 3. The molecule has 1 radical (unpaired) electrons. The van der Waals surface area contributed by atoms with Crippen molar-refractivity contribution in [2.45, 2.75) is 24.9 Å². The Morgan fingerprint density at radius 3 is 2.54 bits per heavy atom.